The van der Waals surface area contributed by atoms with Gasteiger partial charge in [0.2, 0.25) is 5.91 Å². The molecular weight excluding hydrogens is 274 g/mol. The second-order valence-electron chi connectivity index (χ2n) is 5.29. The molecule has 3 nitrogen and oxygen atoms in total. The summed E-state index contributed by atoms with van der Waals surface area (Å²) in [5, 5.41) is 2.96. The third-order valence-corrected chi connectivity index (χ3v) is 4.02. The molecule has 110 valence electrons. The van der Waals surface area contributed by atoms with Crippen LogP contribution in [0, 0.1) is 5.92 Å². The average Bonchev–Trinajstić information content (AvgIpc) is 2.93. The Hall–Kier alpha value is -1.22. The number of rotatable bonds is 6. The van der Waals surface area contributed by atoms with Crippen molar-refractivity contribution in [2.24, 2.45) is 5.92 Å². The Kier molecular flexibility index (Phi) is 5.72. The minimum atomic E-state index is 0.0987. The first-order chi connectivity index (χ1) is 9.72. The van der Waals surface area contributed by atoms with E-state index in [1.807, 2.05) is 25.1 Å². The van der Waals surface area contributed by atoms with Gasteiger partial charge in [0.1, 0.15) is 5.75 Å². The topological polar surface area (TPSA) is 38.3 Å². The zero-order valence-corrected chi connectivity index (χ0v) is 12.7. The van der Waals surface area contributed by atoms with Gasteiger partial charge in [-0.25, -0.2) is 0 Å². The highest BCUT2D eigenvalue weighted by Gasteiger charge is 2.18. The molecule has 1 saturated carbocycles. The van der Waals surface area contributed by atoms with E-state index in [1.165, 1.54) is 25.7 Å². The summed E-state index contributed by atoms with van der Waals surface area (Å²) in [7, 11) is 0. The highest BCUT2D eigenvalue weighted by atomic mass is 35.5. The van der Waals surface area contributed by atoms with Crippen molar-refractivity contribution in [3.8, 4) is 5.75 Å². The third-order valence-electron chi connectivity index (χ3n) is 3.74. The summed E-state index contributed by atoms with van der Waals surface area (Å²) in [5.41, 5.74) is 1.71. The van der Waals surface area contributed by atoms with E-state index in [1.54, 1.807) is 0 Å². The zero-order valence-electron chi connectivity index (χ0n) is 12.0. The van der Waals surface area contributed by atoms with Gasteiger partial charge in [-0.2, -0.15) is 0 Å². The van der Waals surface area contributed by atoms with Gasteiger partial charge >= 0.3 is 0 Å². The summed E-state index contributed by atoms with van der Waals surface area (Å²) in [4.78, 5) is 12.0. The Morgan fingerprint density at radius 2 is 2.15 bits per heavy atom. The second-order valence-corrected chi connectivity index (χ2v) is 5.56. The lowest BCUT2D eigenvalue weighted by molar-refractivity contribution is -0.117. The van der Waals surface area contributed by atoms with Gasteiger partial charge in [0.15, 0.2) is 0 Å². The predicted octanol–water partition coefficient (Wildman–Crippen LogP) is 4.34. The quantitative estimate of drug-likeness (QED) is 0.793. The van der Waals surface area contributed by atoms with Gasteiger partial charge in [0.05, 0.1) is 12.5 Å². The maximum atomic E-state index is 12.0. The van der Waals surface area contributed by atoms with Crippen LogP contribution < -0.4 is 10.1 Å². The second kappa shape index (κ2) is 7.53. The molecule has 0 unspecified atom stereocenters. The highest BCUT2D eigenvalue weighted by molar-refractivity contribution is 6.17. The molecule has 0 radical (unpaired) electrons. The number of amides is 1. The summed E-state index contributed by atoms with van der Waals surface area (Å²) >= 11 is 5.92. The third kappa shape index (κ3) is 4.14. The molecule has 0 aromatic heterocycles. The monoisotopic (exact) mass is 295 g/mol. The normalized spacial score (nSPS) is 15.3. The van der Waals surface area contributed by atoms with E-state index in [0.29, 0.717) is 24.8 Å². The van der Waals surface area contributed by atoms with E-state index in [9.17, 15) is 4.79 Å². The average molecular weight is 296 g/mol. The highest BCUT2D eigenvalue weighted by Crippen LogP contribution is 2.28. The SMILES string of the molecule is CCOc1ccc(NC(=O)CC2CCCC2)cc1CCl. The molecule has 1 aliphatic rings. The maximum absolute atomic E-state index is 12.0. The van der Waals surface area contributed by atoms with E-state index in [2.05, 4.69) is 5.32 Å². The van der Waals surface area contributed by atoms with Gasteiger partial charge in [-0.3, -0.25) is 4.79 Å². The molecule has 0 saturated heterocycles. The number of anilines is 1. The van der Waals surface area contributed by atoms with Crippen molar-refractivity contribution < 1.29 is 9.53 Å². The lowest BCUT2D eigenvalue weighted by Gasteiger charge is -2.12. The van der Waals surface area contributed by atoms with Crippen LogP contribution in [0.4, 0.5) is 5.69 Å². The van der Waals surface area contributed by atoms with Crippen molar-refractivity contribution >= 4 is 23.2 Å². The molecule has 0 spiro atoms. The Morgan fingerprint density at radius 3 is 2.80 bits per heavy atom. The van der Waals surface area contributed by atoms with Crippen LogP contribution in [0.2, 0.25) is 0 Å². The van der Waals surface area contributed by atoms with Crippen molar-refractivity contribution in [1.82, 2.24) is 0 Å². The lowest BCUT2D eigenvalue weighted by atomic mass is 10.0. The molecule has 0 heterocycles. The van der Waals surface area contributed by atoms with Crippen LogP contribution in [-0.4, -0.2) is 12.5 Å². The number of ether oxygens (including phenoxy) is 1. The molecule has 4 heteroatoms. The summed E-state index contributed by atoms with van der Waals surface area (Å²) in [6.07, 6.45) is 5.52. The molecule has 2 rings (SSSR count). The summed E-state index contributed by atoms with van der Waals surface area (Å²) in [6.45, 7) is 2.55. The van der Waals surface area contributed by atoms with Gasteiger partial charge in [-0.1, -0.05) is 12.8 Å². The molecule has 1 aliphatic carbocycles. The number of hydrogen-bond donors (Lipinski definition) is 1. The predicted molar refractivity (Wildman–Crippen MR) is 82.4 cm³/mol. The molecule has 1 N–H and O–H groups in total. The number of carbonyl (C=O) groups is 1. The first-order valence-corrected chi connectivity index (χ1v) is 7.88. The summed E-state index contributed by atoms with van der Waals surface area (Å²) < 4.78 is 5.50. The fourth-order valence-corrected chi connectivity index (χ4v) is 2.96. The van der Waals surface area contributed by atoms with Gasteiger partial charge < -0.3 is 10.1 Å². The Morgan fingerprint density at radius 1 is 1.40 bits per heavy atom. The van der Waals surface area contributed by atoms with Crippen LogP contribution in [-0.2, 0) is 10.7 Å². The number of carbonyl (C=O) groups excluding carboxylic acids is 1. The minimum Gasteiger partial charge on any atom is -0.494 e. The van der Waals surface area contributed by atoms with Gasteiger partial charge in [-0.05, 0) is 43.9 Å². The molecule has 1 fully saturated rings. The lowest BCUT2D eigenvalue weighted by Crippen LogP contribution is -2.15. The summed E-state index contributed by atoms with van der Waals surface area (Å²) in [6, 6.07) is 5.63. The Bertz CT molecular complexity index is 456. The Labute approximate surface area is 125 Å². The molecule has 0 aliphatic heterocycles. The van der Waals surface area contributed by atoms with E-state index >= 15 is 0 Å². The largest absolute Gasteiger partial charge is 0.494 e. The number of benzene rings is 1. The molecular formula is C16H22ClNO2. The van der Waals surface area contributed by atoms with Crippen molar-refractivity contribution in [1.29, 1.82) is 0 Å². The first kappa shape index (κ1) is 15.2. The van der Waals surface area contributed by atoms with Crippen molar-refractivity contribution in [2.75, 3.05) is 11.9 Å². The smallest absolute Gasteiger partial charge is 0.224 e. The zero-order chi connectivity index (χ0) is 14.4. The first-order valence-electron chi connectivity index (χ1n) is 7.34. The number of nitrogens with one attached hydrogen (secondary N) is 1. The fourth-order valence-electron chi connectivity index (χ4n) is 2.75. The van der Waals surface area contributed by atoms with Crippen LogP contribution in [0.3, 0.4) is 0 Å². The standard InChI is InChI=1S/C16H22ClNO2/c1-2-20-15-8-7-14(10-13(15)11-17)18-16(19)9-12-5-3-4-6-12/h7-8,10,12H,2-6,9,11H2,1H3,(H,18,19). The molecule has 1 aromatic carbocycles. The number of alkyl halides is 1. The van der Waals surface area contributed by atoms with Gasteiger partial charge in [0.25, 0.3) is 0 Å². The van der Waals surface area contributed by atoms with Crippen LogP contribution in [0.15, 0.2) is 18.2 Å². The molecule has 1 aromatic rings. The van der Waals surface area contributed by atoms with E-state index in [-0.39, 0.29) is 5.91 Å². The van der Waals surface area contributed by atoms with E-state index in [0.717, 1.165) is 17.0 Å². The van der Waals surface area contributed by atoms with Crippen molar-refractivity contribution in [3.05, 3.63) is 23.8 Å². The van der Waals surface area contributed by atoms with Crippen LogP contribution >= 0.6 is 11.6 Å². The maximum Gasteiger partial charge on any atom is 0.224 e. The van der Waals surface area contributed by atoms with Crippen molar-refractivity contribution in [2.45, 2.75) is 44.9 Å². The van der Waals surface area contributed by atoms with Crippen molar-refractivity contribution in [3.63, 3.8) is 0 Å². The van der Waals surface area contributed by atoms with Crippen LogP contribution in [0.5, 0.6) is 5.75 Å². The van der Waals surface area contributed by atoms with E-state index < -0.39 is 0 Å². The Balaban J connectivity index is 1.96. The van der Waals surface area contributed by atoms with Gasteiger partial charge in [-0.15, -0.1) is 11.6 Å². The van der Waals surface area contributed by atoms with Gasteiger partial charge in [0, 0.05) is 17.7 Å². The molecule has 20 heavy (non-hydrogen) atoms. The molecule has 1 amide bonds. The van der Waals surface area contributed by atoms with Crippen LogP contribution in [0.25, 0.3) is 0 Å². The van der Waals surface area contributed by atoms with Crippen LogP contribution in [0.1, 0.15) is 44.6 Å². The fraction of sp³-hybridized carbons (Fsp3) is 0.562. The number of hydrogen-bond acceptors (Lipinski definition) is 2. The molecule has 0 atom stereocenters. The summed E-state index contributed by atoms with van der Waals surface area (Å²) in [5.74, 6) is 1.82. The van der Waals surface area contributed by atoms with E-state index in [4.69, 9.17) is 16.3 Å². The number of halogens is 1. The minimum absolute atomic E-state index is 0.0987. The molecule has 0 bridgehead atoms.